The number of aromatic nitrogens is 4. The van der Waals surface area contributed by atoms with Crippen LogP contribution < -0.4 is 10.1 Å². The predicted molar refractivity (Wildman–Crippen MR) is 117 cm³/mol. The molecule has 3 aromatic heterocycles. The molecule has 0 aliphatic heterocycles. The van der Waals surface area contributed by atoms with Gasteiger partial charge in [-0.25, -0.2) is 15.0 Å². The van der Waals surface area contributed by atoms with Gasteiger partial charge < -0.3 is 10.1 Å². The summed E-state index contributed by atoms with van der Waals surface area (Å²) >= 11 is 0. The summed E-state index contributed by atoms with van der Waals surface area (Å²) in [5.41, 5.74) is 4.97. The highest BCUT2D eigenvalue weighted by Gasteiger charge is 2.20. The van der Waals surface area contributed by atoms with Crippen LogP contribution >= 0.6 is 0 Å². The summed E-state index contributed by atoms with van der Waals surface area (Å²) in [6.45, 7) is 12.4. The number of nitrogens with one attached hydrogen (secondary N) is 2. The first-order valence-corrected chi connectivity index (χ1v) is 9.76. The lowest BCUT2D eigenvalue weighted by atomic mass is 10.1. The third kappa shape index (κ3) is 4.11. The zero-order valence-corrected chi connectivity index (χ0v) is 17.4. The number of nitrogens with zero attached hydrogens (tertiary/aromatic N) is 5. The molecule has 0 aromatic carbocycles. The van der Waals surface area contributed by atoms with E-state index in [1.54, 1.807) is 6.20 Å². The van der Waals surface area contributed by atoms with Gasteiger partial charge in [0.25, 0.3) is 0 Å². The molecule has 0 radical (unpaired) electrons. The lowest BCUT2D eigenvalue weighted by molar-refractivity contribution is 0.328. The fourth-order valence-electron chi connectivity index (χ4n) is 3.12. The van der Waals surface area contributed by atoms with E-state index < -0.39 is 0 Å². The smallest absolute Gasteiger partial charge is 0.222 e. The van der Waals surface area contributed by atoms with Gasteiger partial charge >= 0.3 is 0 Å². The lowest BCUT2D eigenvalue weighted by Crippen LogP contribution is -2.13. The molecule has 2 N–H and O–H groups in total. The number of hydrogen-bond acceptors (Lipinski definition) is 6. The van der Waals surface area contributed by atoms with Crippen molar-refractivity contribution in [1.82, 2.24) is 19.7 Å². The van der Waals surface area contributed by atoms with Crippen molar-refractivity contribution in [3.8, 4) is 17.1 Å². The van der Waals surface area contributed by atoms with Gasteiger partial charge in [0.1, 0.15) is 16.9 Å². The van der Waals surface area contributed by atoms with Crippen LogP contribution in [0.25, 0.3) is 22.3 Å². The van der Waals surface area contributed by atoms with Crippen LogP contribution in [0.5, 0.6) is 5.88 Å². The van der Waals surface area contributed by atoms with Crippen molar-refractivity contribution in [3.63, 3.8) is 0 Å². The molecular formula is C21H27N7O. The highest BCUT2D eigenvalue weighted by atomic mass is 16.5. The fourth-order valence-corrected chi connectivity index (χ4v) is 3.12. The van der Waals surface area contributed by atoms with Crippen molar-refractivity contribution in [3.05, 3.63) is 30.1 Å². The molecule has 0 aliphatic rings. The van der Waals surface area contributed by atoms with Crippen molar-refractivity contribution < 1.29 is 4.74 Å². The van der Waals surface area contributed by atoms with E-state index in [0.717, 1.165) is 40.1 Å². The molecule has 3 rings (SSSR count). The van der Waals surface area contributed by atoms with Gasteiger partial charge in [-0.15, -0.1) is 0 Å². The Morgan fingerprint density at radius 1 is 1.41 bits per heavy atom. The van der Waals surface area contributed by atoms with Crippen LogP contribution in [0.4, 0.5) is 5.69 Å². The molecule has 29 heavy (non-hydrogen) atoms. The summed E-state index contributed by atoms with van der Waals surface area (Å²) in [6, 6.07) is 5.98. The minimum absolute atomic E-state index is 0.166. The quantitative estimate of drug-likeness (QED) is 0.440. The molecule has 8 heteroatoms. The van der Waals surface area contributed by atoms with Gasteiger partial charge in [-0.1, -0.05) is 6.92 Å². The predicted octanol–water partition coefficient (Wildman–Crippen LogP) is 4.26. The average molecular weight is 393 g/mol. The van der Waals surface area contributed by atoms with E-state index in [-0.39, 0.29) is 18.4 Å². The Morgan fingerprint density at radius 3 is 2.90 bits per heavy atom. The molecule has 152 valence electrons. The Labute approximate surface area is 170 Å². The standard InChI is InChI=1S/C21H27N7O/c1-6-13(3)28-20-17(25-12-18(22)23-5)11-16(26-19(20)14(4)27-28)15-9-8-10-24-21(15)29-7-2/h8-11,13,22H,5-7,12H2,1-4H3,(H,25,26). The highest BCUT2D eigenvalue weighted by Crippen LogP contribution is 2.34. The fraction of sp³-hybridized carbons (Fsp3) is 0.381. The van der Waals surface area contributed by atoms with Crippen molar-refractivity contribution >= 4 is 29.3 Å². The maximum absolute atomic E-state index is 7.82. The molecule has 0 amide bonds. The zero-order valence-electron chi connectivity index (χ0n) is 17.4. The number of amidine groups is 1. The Hall–Kier alpha value is -3.29. The molecule has 0 bridgehead atoms. The first kappa shape index (κ1) is 20.4. The molecular weight excluding hydrogens is 366 g/mol. The van der Waals surface area contributed by atoms with Gasteiger partial charge in [0.15, 0.2) is 0 Å². The summed E-state index contributed by atoms with van der Waals surface area (Å²) in [5, 5.41) is 15.9. The number of pyridine rings is 2. The Balaban J connectivity index is 2.22. The molecule has 8 nitrogen and oxygen atoms in total. The topological polar surface area (TPSA) is 101 Å². The number of ether oxygens (including phenoxy) is 1. The first-order valence-electron chi connectivity index (χ1n) is 9.76. The van der Waals surface area contributed by atoms with Crippen LogP contribution in [-0.4, -0.2) is 45.5 Å². The summed E-state index contributed by atoms with van der Waals surface area (Å²) in [6.07, 6.45) is 2.65. The molecule has 0 aliphatic carbocycles. The lowest BCUT2D eigenvalue weighted by Gasteiger charge is -2.16. The van der Waals surface area contributed by atoms with Crippen LogP contribution in [0.2, 0.25) is 0 Å². The third-order valence-corrected chi connectivity index (χ3v) is 4.80. The normalized spacial score (nSPS) is 12.0. The van der Waals surface area contributed by atoms with Crippen LogP contribution in [-0.2, 0) is 0 Å². The maximum atomic E-state index is 7.82. The van der Waals surface area contributed by atoms with Gasteiger partial charge in [0.2, 0.25) is 5.88 Å². The van der Waals surface area contributed by atoms with E-state index in [0.29, 0.717) is 12.5 Å². The second-order valence-corrected chi connectivity index (χ2v) is 6.79. The molecule has 0 fully saturated rings. The van der Waals surface area contributed by atoms with E-state index in [9.17, 15) is 0 Å². The Bertz CT molecular complexity index is 1040. The molecule has 1 atom stereocenters. The number of rotatable bonds is 8. The number of aryl methyl sites for hydroxylation is 1. The SMILES string of the molecule is C=NC(=N)CNc1cc(-c2cccnc2OCC)nc2c(C)nn(C(C)CC)c12. The van der Waals surface area contributed by atoms with Crippen molar-refractivity contribution in [2.75, 3.05) is 18.5 Å². The van der Waals surface area contributed by atoms with Gasteiger partial charge in [-0.05, 0) is 52.1 Å². The second-order valence-electron chi connectivity index (χ2n) is 6.79. The molecule has 0 saturated carbocycles. The van der Waals surface area contributed by atoms with E-state index in [2.05, 4.69) is 35.9 Å². The van der Waals surface area contributed by atoms with E-state index in [4.69, 9.17) is 20.2 Å². The molecule has 3 heterocycles. The van der Waals surface area contributed by atoms with Crippen molar-refractivity contribution in [2.45, 2.75) is 40.2 Å². The summed E-state index contributed by atoms with van der Waals surface area (Å²) in [7, 11) is 0. The number of anilines is 1. The maximum Gasteiger partial charge on any atom is 0.222 e. The Morgan fingerprint density at radius 2 is 2.21 bits per heavy atom. The summed E-state index contributed by atoms with van der Waals surface area (Å²) in [4.78, 5) is 12.9. The largest absolute Gasteiger partial charge is 0.477 e. The number of aliphatic imine (C=N–C) groups is 1. The zero-order chi connectivity index (χ0) is 21.0. The summed E-state index contributed by atoms with van der Waals surface area (Å²) in [5.74, 6) is 0.708. The minimum atomic E-state index is 0.166. The number of hydrogen-bond donors (Lipinski definition) is 2. The van der Waals surface area contributed by atoms with Gasteiger partial charge in [0, 0.05) is 12.2 Å². The summed E-state index contributed by atoms with van der Waals surface area (Å²) < 4.78 is 7.70. The average Bonchev–Trinajstić information content (AvgIpc) is 3.08. The molecule has 0 saturated heterocycles. The van der Waals surface area contributed by atoms with Crippen molar-refractivity contribution in [1.29, 1.82) is 5.41 Å². The van der Waals surface area contributed by atoms with Crippen molar-refractivity contribution in [2.24, 2.45) is 4.99 Å². The minimum Gasteiger partial charge on any atom is -0.477 e. The molecule has 0 spiro atoms. The van der Waals surface area contributed by atoms with E-state index in [1.807, 2.05) is 36.7 Å². The van der Waals surface area contributed by atoms with E-state index >= 15 is 0 Å². The first-order chi connectivity index (χ1) is 14.0. The van der Waals surface area contributed by atoms with Gasteiger partial charge in [-0.2, -0.15) is 5.10 Å². The highest BCUT2D eigenvalue weighted by molar-refractivity contribution is 5.95. The third-order valence-electron chi connectivity index (χ3n) is 4.80. The van der Waals surface area contributed by atoms with Crippen LogP contribution in [0, 0.1) is 12.3 Å². The van der Waals surface area contributed by atoms with E-state index in [1.165, 1.54) is 0 Å². The monoisotopic (exact) mass is 393 g/mol. The van der Waals surface area contributed by atoms with Gasteiger partial charge in [0.05, 0.1) is 35.8 Å². The van der Waals surface area contributed by atoms with Crippen LogP contribution in [0.15, 0.2) is 29.4 Å². The molecule has 1 unspecified atom stereocenters. The Kier molecular flexibility index (Phi) is 6.21. The number of fused-ring (bicyclic) bond motifs is 1. The van der Waals surface area contributed by atoms with Crippen LogP contribution in [0.3, 0.4) is 0 Å². The van der Waals surface area contributed by atoms with Gasteiger partial charge in [-0.3, -0.25) is 10.1 Å². The van der Waals surface area contributed by atoms with Crippen LogP contribution in [0.1, 0.15) is 38.9 Å². The second kappa shape index (κ2) is 8.81. The molecule has 3 aromatic rings.